The van der Waals surface area contributed by atoms with Gasteiger partial charge < -0.3 is 19.8 Å². The largest absolute Gasteiger partial charge is 0.464 e. The minimum Gasteiger partial charge on any atom is -0.464 e. The van der Waals surface area contributed by atoms with E-state index >= 15 is 0 Å². The summed E-state index contributed by atoms with van der Waals surface area (Å²) in [5, 5.41) is 0. The molecule has 0 bridgehead atoms. The van der Waals surface area contributed by atoms with Crippen LogP contribution in [0.25, 0.3) is 11.2 Å². The van der Waals surface area contributed by atoms with Gasteiger partial charge in [0.1, 0.15) is 12.2 Å². The van der Waals surface area contributed by atoms with E-state index in [2.05, 4.69) is 56.9 Å². The zero-order valence-electron chi connectivity index (χ0n) is 13.7. The molecule has 0 saturated heterocycles. The van der Waals surface area contributed by atoms with E-state index in [1.54, 1.807) is 0 Å². The van der Waals surface area contributed by atoms with Gasteiger partial charge in [0.15, 0.2) is 17.2 Å². The molecule has 0 unspecified atom stereocenters. The van der Waals surface area contributed by atoms with Gasteiger partial charge in [0.2, 0.25) is 0 Å². The van der Waals surface area contributed by atoms with Crippen LogP contribution in [0.2, 0.25) is 25.7 Å². The molecule has 0 aliphatic carbocycles. The lowest BCUT2D eigenvalue weighted by Crippen LogP contribution is -2.22. The number of carbonyl (C=O) groups excluding carboxylic acids is 1. The molecule has 2 aromatic heterocycles. The fourth-order valence-corrected chi connectivity index (χ4v) is 3.40. The van der Waals surface area contributed by atoms with Crippen LogP contribution in [0.15, 0.2) is 6.20 Å². The number of ether oxygens (including phenoxy) is 2. The van der Waals surface area contributed by atoms with Crippen LogP contribution < -0.4 is 5.73 Å². The van der Waals surface area contributed by atoms with Gasteiger partial charge in [-0.2, -0.15) is 0 Å². The molecule has 2 rings (SSSR count). The molecule has 9 heteroatoms. The van der Waals surface area contributed by atoms with Crippen molar-refractivity contribution in [3.8, 4) is 0 Å². The molecule has 2 N–H and O–H groups in total. The Kier molecular flexibility index (Phi) is 5.63. The number of carbonyl (C=O) groups is 1. The van der Waals surface area contributed by atoms with E-state index in [4.69, 9.17) is 10.5 Å². The highest BCUT2D eigenvalue weighted by molar-refractivity contribution is 14.1. The number of nitrogen functional groups attached to an aromatic ring is 1. The van der Waals surface area contributed by atoms with Crippen molar-refractivity contribution in [2.24, 2.45) is 0 Å². The summed E-state index contributed by atoms with van der Waals surface area (Å²) in [4.78, 5) is 20.3. The zero-order chi connectivity index (χ0) is 17.2. The first kappa shape index (κ1) is 18.1. The highest BCUT2D eigenvalue weighted by Gasteiger charge is 2.19. The number of hydrogen-bond acceptors (Lipinski definition) is 6. The number of aromatic nitrogens is 3. The van der Waals surface area contributed by atoms with Crippen molar-refractivity contribution in [2.75, 3.05) is 19.5 Å². The Hall–Kier alpha value is -1.20. The van der Waals surface area contributed by atoms with Crippen molar-refractivity contribution in [2.45, 2.75) is 32.4 Å². The molecule has 126 valence electrons. The van der Waals surface area contributed by atoms with Crippen molar-refractivity contribution in [3.63, 3.8) is 0 Å². The lowest BCUT2D eigenvalue weighted by Gasteiger charge is -2.15. The van der Waals surface area contributed by atoms with Gasteiger partial charge in [-0.3, -0.25) is 0 Å². The predicted octanol–water partition coefficient (Wildman–Crippen LogP) is 2.72. The van der Waals surface area contributed by atoms with Crippen LogP contribution in [-0.4, -0.2) is 42.3 Å². The van der Waals surface area contributed by atoms with Crippen molar-refractivity contribution in [1.29, 1.82) is 0 Å². The van der Waals surface area contributed by atoms with Crippen LogP contribution in [0.1, 0.15) is 10.5 Å². The minimum absolute atomic E-state index is 0.0373. The Morgan fingerprint density at radius 2 is 2.09 bits per heavy atom. The smallest absolute Gasteiger partial charge is 0.360 e. The summed E-state index contributed by atoms with van der Waals surface area (Å²) < 4.78 is 13.2. The van der Waals surface area contributed by atoms with E-state index in [-0.39, 0.29) is 11.5 Å². The van der Waals surface area contributed by atoms with Gasteiger partial charge in [-0.25, -0.2) is 14.8 Å². The Morgan fingerprint density at radius 1 is 1.39 bits per heavy atom. The average molecular weight is 448 g/mol. The molecule has 2 aromatic rings. The highest BCUT2D eigenvalue weighted by atomic mass is 127. The van der Waals surface area contributed by atoms with Gasteiger partial charge in [0, 0.05) is 20.9 Å². The van der Waals surface area contributed by atoms with E-state index in [0.29, 0.717) is 17.9 Å². The number of anilines is 1. The molecular formula is C14H21IN4O3Si. The maximum Gasteiger partial charge on any atom is 0.360 e. The summed E-state index contributed by atoms with van der Waals surface area (Å²) in [7, 11) is 0.176. The van der Waals surface area contributed by atoms with Crippen LogP contribution in [0.4, 0.5) is 5.82 Å². The van der Waals surface area contributed by atoms with Gasteiger partial charge in [-0.05, 0) is 28.6 Å². The van der Waals surface area contributed by atoms with Gasteiger partial charge in [-0.1, -0.05) is 19.6 Å². The number of hydrogen-bond donors (Lipinski definition) is 1. The first-order valence-corrected chi connectivity index (χ1v) is 12.0. The molecule has 2 heterocycles. The first-order valence-electron chi connectivity index (χ1n) is 7.21. The SMILES string of the molecule is COC(=O)c1nc2c(I)cn(COCC[Si](C)(C)C)c2nc1N. The van der Waals surface area contributed by atoms with Gasteiger partial charge in [0.05, 0.1) is 10.7 Å². The molecule has 23 heavy (non-hydrogen) atoms. The topological polar surface area (TPSA) is 92.3 Å². The first-order chi connectivity index (χ1) is 10.7. The predicted molar refractivity (Wildman–Crippen MR) is 100 cm³/mol. The van der Waals surface area contributed by atoms with E-state index in [1.165, 1.54) is 7.11 Å². The normalized spacial score (nSPS) is 11.9. The van der Waals surface area contributed by atoms with Gasteiger partial charge in [-0.15, -0.1) is 0 Å². The summed E-state index contributed by atoms with van der Waals surface area (Å²) in [5.41, 5.74) is 7.09. The summed E-state index contributed by atoms with van der Waals surface area (Å²) in [6, 6.07) is 1.10. The number of esters is 1. The van der Waals surface area contributed by atoms with Crippen molar-refractivity contribution in [1.82, 2.24) is 14.5 Å². The fraction of sp³-hybridized carbons (Fsp3) is 0.500. The Morgan fingerprint density at radius 3 is 2.70 bits per heavy atom. The third-order valence-corrected chi connectivity index (χ3v) is 5.77. The standard InChI is InChI=1S/C14H21IN4O3Si/c1-21-14(20)11-12(16)18-13-10(17-11)9(15)7-19(13)8-22-5-6-23(2,3)4/h7H,5-6,8H2,1-4H3,(H2,16,18). The molecule has 0 saturated carbocycles. The van der Waals surface area contributed by atoms with E-state index < -0.39 is 14.0 Å². The van der Waals surface area contributed by atoms with E-state index in [9.17, 15) is 4.79 Å². The Labute approximate surface area is 149 Å². The van der Waals surface area contributed by atoms with Crippen molar-refractivity contribution in [3.05, 3.63) is 15.5 Å². The monoisotopic (exact) mass is 448 g/mol. The maximum atomic E-state index is 11.7. The summed E-state index contributed by atoms with van der Waals surface area (Å²) in [6.07, 6.45) is 1.89. The molecule has 0 aliphatic heterocycles. The molecule has 0 aliphatic rings. The summed E-state index contributed by atoms with van der Waals surface area (Å²) in [5.74, 6) is -0.533. The van der Waals surface area contributed by atoms with E-state index in [0.717, 1.165) is 16.2 Å². The second-order valence-electron chi connectivity index (χ2n) is 6.42. The summed E-state index contributed by atoms with van der Waals surface area (Å²) in [6.45, 7) is 8.03. The zero-order valence-corrected chi connectivity index (χ0v) is 16.9. The number of rotatable bonds is 6. The lowest BCUT2D eigenvalue weighted by molar-refractivity contribution is 0.0595. The third-order valence-electron chi connectivity index (χ3n) is 3.28. The number of methoxy groups -OCH3 is 1. The summed E-state index contributed by atoms with van der Waals surface area (Å²) >= 11 is 2.15. The second-order valence-corrected chi connectivity index (χ2v) is 13.2. The number of nitrogens with zero attached hydrogens (tertiary/aromatic N) is 3. The van der Waals surface area contributed by atoms with Crippen LogP contribution in [0.5, 0.6) is 0 Å². The molecule has 0 radical (unpaired) electrons. The molecule has 0 aromatic carbocycles. The van der Waals surface area contributed by atoms with Gasteiger partial charge in [0.25, 0.3) is 0 Å². The average Bonchev–Trinajstić information content (AvgIpc) is 2.77. The van der Waals surface area contributed by atoms with Gasteiger partial charge >= 0.3 is 5.97 Å². The molecule has 7 nitrogen and oxygen atoms in total. The number of nitrogens with two attached hydrogens (primary N) is 1. The van der Waals surface area contributed by atoms with Crippen LogP contribution in [-0.2, 0) is 16.2 Å². The highest BCUT2D eigenvalue weighted by Crippen LogP contribution is 2.23. The Bertz CT molecular complexity index is 727. The van der Waals surface area contributed by atoms with Crippen molar-refractivity contribution >= 4 is 53.6 Å². The minimum atomic E-state index is -1.11. The van der Waals surface area contributed by atoms with Crippen LogP contribution in [0.3, 0.4) is 0 Å². The third kappa shape index (κ3) is 4.41. The molecule has 0 amide bonds. The molecular weight excluding hydrogens is 427 g/mol. The molecule has 0 spiro atoms. The van der Waals surface area contributed by atoms with E-state index in [1.807, 2.05) is 10.8 Å². The number of fused-ring (bicyclic) bond motifs is 1. The quantitative estimate of drug-likeness (QED) is 0.316. The molecule has 0 fully saturated rings. The lowest BCUT2D eigenvalue weighted by atomic mass is 10.4. The number of halogens is 1. The van der Waals surface area contributed by atoms with Crippen molar-refractivity contribution < 1.29 is 14.3 Å². The molecule has 0 atom stereocenters. The maximum absolute atomic E-state index is 11.7. The van der Waals surface area contributed by atoms with Crippen LogP contribution >= 0.6 is 22.6 Å². The second kappa shape index (κ2) is 7.14. The Balaban J connectivity index is 2.22. The fourth-order valence-electron chi connectivity index (χ4n) is 1.95. The van der Waals surface area contributed by atoms with Crippen LogP contribution in [0, 0.1) is 3.57 Å².